The van der Waals surface area contributed by atoms with Gasteiger partial charge in [0.1, 0.15) is 0 Å². The van der Waals surface area contributed by atoms with Crippen LogP contribution in [0.15, 0.2) is 29.2 Å². The van der Waals surface area contributed by atoms with Crippen molar-refractivity contribution in [3.8, 4) is 6.07 Å². The lowest BCUT2D eigenvalue weighted by Crippen LogP contribution is -2.24. The molecular weight excluding hydrogens is 240 g/mol. The lowest BCUT2D eigenvalue weighted by Gasteiger charge is -2.19. The molecule has 0 spiro atoms. The Bertz CT molecular complexity index is 380. The third-order valence-corrected chi connectivity index (χ3v) is 3.79. The molecule has 0 aliphatic carbocycles. The van der Waals surface area contributed by atoms with Crippen molar-refractivity contribution in [2.24, 2.45) is 5.92 Å². The number of nitriles is 1. The molecule has 0 fully saturated rings. The Balaban J connectivity index is 2.49. The van der Waals surface area contributed by atoms with Gasteiger partial charge in [-0.3, -0.25) is 0 Å². The number of thioether (sulfide) groups is 1. The van der Waals surface area contributed by atoms with Gasteiger partial charge in [0.05, 0.1) is 12.0 Å². The molecule has 1 aromatic rings. The van der Waals surface area contributed by atoms with Crippen LogP contribution in [0, 0.1) is 17.2 Å². The SMILES string of the molecule is CCSc1ccc(CN(C)CC(C#N)CC)cc1. The van der Waals surface area contributed by atoms with Gasteiger partial charge < -0.3 is 4.90 Å². The lowest BCUT2D eigenvalue weighted by molar-refractivity contribution is 0.292. The predicted octanol–water partition coefficient (Wildman–Crippen LogP) is 3.78. The second kappa shape index (κ2) is 8.18. The third kappa shape index (κ3) is 5.12. The van der Waals surface area contributed by atoms with E-state index in [2.05, 4.69) is 56.1 Å². The van der Waals surface area contributed by atoms with Gasteiger partial charge >= 0.3 is 0 Å². The highest BCUT2D eigenvalue weighted by molar-refractivity contribution is 7.99. The second-order valence-corrected chi connectivity index (χ2v) is 5.85. The van der Waals surface area contributed by atoms with Crippen LogP contribution in [0.4, 0.5) is 0 Å². The fraction of sp³-hybridized carbons (Fsp3) is 0.533. The Labute approximate surface area is 115 Å². The van der Waals surface area contributed by atoms with Crippen molar-refractivity contribution >= 4 is 11.8 Å². The van der Waals surface area contributed by atoms with Gasteiger partial charge in [-0.25, -0.2) is 0 Å². The maximum absolute atomic E-state index is 8.96. The van der Waals surface area contributed by atoms with Crippen molar-refractivity contribution < 1.29 is 0 Å². The average molecular weight is 262 g/mol. The zero-order chi connectivity index (χ0) is 13.4. The minimum Gasteiger partial charge on any atom is -0.301 e. The van der Waals surface area contributed by atoms with Crippen LogP contribution in [0.2, 0.25) is 0 Å². The molecule has 0 bridgehead atoms. The summed E-state index contributed by atoms with van der Waals surface area (Å²) in [6.07, 6.45) is 0.924. The molecule has 18 heavy (non-hydrogen) atoms. The molecule has 1 aromatic carbocycles. The molecule has 0 amide bonds. The normalized spacial score (nSPS) is 12.4. The van der Waals surface area contributed by atoms with Crippen LogP contribution in [-0.4, -0.2) is 24.2 Å². The molecule has 98 valence electrons. The predicted molar refractivity (Wildman–Crippen MR) is 78.6 cm³/mol. The summed E-state index contributed by atoms with van der Waals surface area (Å²) in [6.45, 7) is 5.99. The number of rotatable bonds is 7. The highest BCUT2D eigenvalue weighted by atomic mass is 32.2. The van der Waals surface area contributed by atoms with Crippen LogP contribution >= 0.6 is 11.8 Å². The number of nitrogens with zero attached hydrogens (tertiary/aromatic N) is 2. The summed E-state index contributed by atoms with van der Waals surface area (Å²) in [4.78, 5) is 3.55. The molecule has 0 N–H and O–H groups in total. The molecule has 2 nitrogen and oxygen atoms in total. The van der Waals surface area contributed by atoms with Crippen molar-refractivity contribution in [2.45, 2.75) is 31.7 Å². The summed E-state index contributed by atoms with van der Waals surface area (Å²) < 4.78 is 0. The van der Waals surface area contributed by atoms with Gasteiger partial charge in [-0.1, -0.05) is 26.0 Å². The maximum Gasteiger partial charge on any atom is 0.0669 e. The first-order valence-electron chi connectivity index (χ1n) is 6.49. The van der Waals surface area contributed by atoms with Gasteiger partial charge in [0, 0.05) is 18.0 Å². The molecular formula is C15H22N2S. The summed E-state index contributed by atoms with van der Waals surface area (Å²) in [6, 6.07) is 11.1. The highest BCUT2D eigenvalue weighted by Gasteiger charge is 2.08. The van der Waals surface area contributed by atoms with E-state index in [1.54, 1.807) is 0 Å². The van der Waals surface area contributed by atoms with E-state index in [0.717, 1.165) is 25.3 Å². The van der Waals surface area contributed by atoms with Crippen LogP contribution in [0.3, 0.4) is 0 Å². The molecule has 0 aromatic heterocycles. The van der Waals surface area contributed by atoms with E-state index in [9.17, 15) is 0 Å². The first-order valence-corrected chi connectivity index (χ1v) is 7.48. The first-order chi connectivity index (χ1) is 8.69. The average Bonchev–Trinajstić information content (AvgIpc) is 2.38. The van der Waals surface area contributed by atoms with Gasteiger partial charge in [-0.2, -0.15) is 5.26 Å². The summed E-state index contributed by atoms with van der Waals surface area (Å²) in [5, 5.41) is 8.96. The Morgan fingerprint density at radius 1 is 1.28 bits per heavy atom. The Hall–Kier alpha value is -0.980. The summed E-state index contributed by atoms with van der Waals surface area (Å²) >= 11 is 1.86. The lowest BCUT2D eigenvalue weighted by atomic mass is 10.1. The van der Waals surface area contributed by atoms with Crippen molar-refractivity contribution in [1.29, 1.82) is 5.26 Å². The van der Waals surface area contributed by atoms with Gasteiger partial charge in [0.25, 0.3) is 0 Å². The zero-order valence-electron chi connectivity index (χ0n) is 11.5. The maximum atomic E-state index is 8.96. The number of hydrogen-bond donors (Lipinski definition) is 0. The molecule has 1 atom stereocenters. The molecule has 0 aliphatic heterocycles. The van der Waals surface area contributed by atoms with Crippen LogP contribution in [0.1, 0.15) is 25.8 Å². The van der Waals surface area contributed by atoms with E-state index >= 15 is 0 Å². The minimum absolute atomic E-state index is 0.143. The molecule has 0 aliphatic rings. The van der Waals surface area contributed by atoms with E-state index in [-0.39, 0.29) is 5.92 Å². The first kappa shape index (κ1) is 15.1. The minimum atomic E-state index is 0.143. The van der Waals surface area contributed by atoms with E-state index in [0.29, 0.717) is 0 Å². The highest BCUT2D eigenvalue weighted by Crippen LogP contribution is 2.18. The standard InChI is InChI=1S/C15H22N2S/c1-4-13(10-16)11-17(3)12-14-6-8-15(9-7-14)18-5-2/h6-9,13H,4-5,11-12H2,1-3H3. The van der Waals surface area contributed by atoms with Crippen molar-refractivity contribution in [3.05, 3.63) is 29.8 Å². The van der Waals surface area contributed by atoms with E-state index in [1.165, 1.54) is 10.5 Å². The monoisotopic (exact) mass is 262 g/mol. The molecule has 1 unspecified atom stereocenters. The Morgan fingerprint density at radius 3 is 2.44 bits per heavy atom. The molecule has 3 heteroatoms. The van der Waals surface area contributed by atoms with Gasteiger partial charge in [-0.15, -0.1) is 11.8 Å². The van der Waals surface area contributed by atoms with Crippen LogP contribution < -0.4 is 0 Å². The largest absolute Gasteiger partial charge is 0.301 e. The molecule has 0 heterocycles. The van der Waals surface area contributed by atoms with Crippen molar-refractivity contribution in [3.63, 3.8) is 0 Å². The topological polar surface area (TPSA) is 27.0 Å². The summed E-state index contributed by atoms with van der Waals surface area (Å²) in [5.41, 5.74) is 1.31. The van der Waals surface area contributed by atoms with Crippen LogP contribution in [-0.2, 0) is 6.54 Å². The molecule has 0 saturated carbocycles. The van der Waals surface area contributed by atoms with E-state index in [1.807, 2.05) is 11.8 Å². The van der Waals surface area contributed by atoms with Crippen molar-refractivity contribution in [1.82, 2.24) is 4.90 Å². The van der Waals surface area contributed by atoms with Crippen LogP contribution in [0.25, 0.3) is 0 Å². The van der Waals surface area contributed by atoms with Gasteiger partial charge in [0.15, 0.2) is 0 Å². The third-order valence-electron chi connectivity index (χ3n) is 2.89. The summed E-state index contributed by atoms with van der Waals surface area (Å²) in [7, 11) is 2.08. The fourth-order valence-electron chi connectivity index (χ4n) is 1.87. The quantitative estimate of drug-likeness (QED) is 0.700. The Kier molecular flexibility index (Phi) is 6.85. The molecule has 0 saturated heterocycles. The van der Waals surface area contributed by atoms with E-state index < -0.39 is 0 Å². The molecule has 1 rings (SSSR count). The summed E-state index contributed by atoms with van der Waals surface area (Å²) in [5.74, 6) is 1.25. The fourth-order valence-corrected chi connectivity index (χ4v) is 2.53. The van der Waals surface area contributed by atoms with Crippen molar-refractivity contribution in [2.75, 3.05) is 19.3 Å². The Morgan fingerprint density at radius 2 is 1.94 bits per heavy atom. The molecule has 0 radical (unpaired) electrons. The van der Waals surface area contributed by atoms with Gasteiger partial charge in [0.2, 0.25) is 0 Å². The second-order valence-electron chi connectivity index (χ2n) is 4.51. The zero-order valence-corrected chi connectivity index (χ0v) is 12.3. The van der Waals surface area contributed by atoms with Gasteiger partial charge in [-0.05, 0) is 36.9 Å². The number of benzene rings is 1. The number of hydrogen-bond acceptors (Lipinski definition) is 3. The van der Waals surface area contributed by atoms with Crippen LogP contribution in [0.5, 0.6) is 0 Å². The smallest absolute Gasteiger partial charge is 0.0669 e. The van der Waals surface area contributed by atoms with E-state index in [4.69, 9.17) is 5.26 Å².